The Bertz CT molecular complexity index is 461. The van der Waals surface area contributed by atoms with E-state index in [-0.39, 0.29) is 5.75 Å². The minimum absolute atomic E-state index is 0.173. The molecule has 3 nitrogen and oxygen atoms in total. The van der Waals surface area contributed by atoms with Gasteiger partial charge in [0.25, 0.3) is 0 Å². The molecule has 0 bridgehead atoms. The molecule has 3 heteroatoms. The molecule has 15 heavy (non-hydrogen) atoms. The molecular weight excluding hydrogens is 192 g/mol. The van der Waals surface area contributed by atoms with Crippen molar-refractivity contribution in [3.63, 3.8) is 0 Å². The van der Waals surface area contributed by atoms with Crippen LogP contribution in [0.15, 0.2) is 30.3 Å². The lowest BCUT2D eigenvalue weighted by atomic mass is 10.1. The fourth-order valence-electron chi connectivity index (χ4n) is 1.04. The van der Waals surface area contributed by atoms with Gasteiger partial charge in [-0.1, -0.05) is 18.1 Å². The normalized spacial score (nSPS) is 10.3. The van der Waals surface area contributed by atoms with Gasteiger partial charge >= 0.3 is 5.97 Å². The van der Waals surface area contributed by atoms with Gasteiger partial charge in [0.2, 0.25) is 0 Å². The fourth-order valence-corrected chi connectivity index (χ4v) is 1.04. The van der Waals surface area contributed by atoms with Gasteiger partial charge in [-0.2, -0.15) is 0 Å². The molecule has 2 N–H and O–H groups in total. The first-order chi connectivity index (χ1) is 7.09. The summed E-state index contributed by atoms with van der Waals surface area (Å²) in [5, 5.41) is 17.5. The van der Waals surface area contributed by atoms with Gasteiger partial charge in [0.05, 0.1) is 0 Å². The summed E-state index contributed by atoms with van der Waals surface area (Å²) in [5.41, 5.74) is 1.62. The van der Waals surface area contributed by atoms with Crippen LogP contribution in [0.3, 0.4) is 0 Å². The Balaban J connectivity index is 2.91. The van der Waals surface area contributed by atoms with E-state index in [0.29, 0.717) is 0 Å². The average Bonchev–Trinajstić information content (AvgIpc) is 2.17. The average molecular weight is 202 g/mol. The number of carboxylic acid groups (broad SMARTS) is 1. The van der Waals surface area contributed by atoms with Crippen LogP contribution in [0.2, 0.25) is 0 Å². The molecule has 0 aliphatic rings. The third kappa shape index (κ3) is 3.57. The molecule has 1 aromatic carbocycles. The number of phenolic OH excluding ortho intramolecular Hbond substituents is 1. The van der Waals surface area contributed by atoms with Crippen molar-refractivity contribution in [3.8, 4) is 17.6 Å². The maximum absolute atomic E-state index is 10.1. The van der Waals surface area contributed by atoms with Crippen molar-refractivity contribution in [3.05, 3.63) is 35.9 Å². The van der Waals surface area contributed by atoms with Gasteiger partial charge in [0.15, 0.2) is 0 Å². The van der Waals surface area contributed by atoms with Crippen LogP contribution in [0, 0.1) is 11.8 Å². The summed E-state index contributed by atoms with van der Waals surface area (Å²) in [6.07, 6.45) is 1.50. The molecule has 0 atom stereocenters. The van der Waals surface area contributed by atoms with Gasteiger partial charge in [0, 0.05) is 5.92 Å². The molecule has 0 unspecified atom stereocenters. The van der Waals surface area contributed by atoms with E-state index < -0.39 is 5.97 Å². The molecule has 0 aromatic heterocycles. The Morgan fingerprint density at radius 1 is 1.47 bits per heavy atom. The highest BCUT2D eigenvalue weighted by Gasteiger charge is 1.95. The standard InChI is InChI=1S/C12H10O3/c1-9(4-2-7-12(14)15)10-5-3-6-11(13)8-10/h3-6,8,13H,1H3,(H,14,15). The van der Waals surface area contributed by atoms with Crippen LogP contribution in [-0.2, 0) is 4.79 Å². The molecule has 0 amide bonds. The van der Waals surface area contributed by atoms with Crippen molar-refractivity contribution < 1.29 is 15.0 Å². The first-order valence-electron chi connectivity index (χ1n) is 4.30. The van der Waals surface area contributed by atoms with Gasteiger partial charge in [-0.25, -0.2) is 4.79 Å². The number of allylic oxidation sites excluding steroid dienone is 2. The third-order valence-corrected chi connectivity index (χ3v) is 1.77. The van der Waals surface area contributed by atoms with Crippen LogP contribution < -0.4 is 0 Å². The Morgan fingerprint density at radius 3 is 2.80 bits per heavy atom. The molecule has 1 aromatic rings. The van der Waals surface area contributed by atoms with Crippen molar-refractivity contribution >= 4 is 11.5 Å². The zero-order valence-corrected chi connectivity index (χ0v) is 8.19. The molecular formula is C12H10O3. The van der Waals surface area contributed by atoms with E-state index in [1.54, 1.807) is 25.1 Å². The molecule has 76 valence electrons. The minimum Gasteiger partial charge on any atom is -0.508 e. The number of aliphatic carboxylic acids is 1. The number of hydrogen-bond acceptors (Lipinski definition) is 2. The van der Waals surface area contributed by atoms with Crippen molar-refractivity contribution in [2.75, 3.05) is 0 Å². The van der Waals surface area contributed by atoms with Gasteiger partial charge in [-0.3, -0.25) is 0 Å². The van der Waals surface area contributed by atoms with Crippen LogP contribution in [0.4, 0.5) is 0 Å². The fraction of sp³-hybridized carbons (Fsp3) is 0.0833. The van der Waals surface area contributed by atoms with Gasteiger partial charge < -0.3 is 10.2 Å². The zero-order chi connectivity index (χ0) is 11.3. The van der Waals surface area contributed by atoms with Gasteiger partial charge in [-0.15, -0.1) is 0 Å². The molecule has 0 saturated heterocycles. The second kappa shape index (κ2) is 4.87. The lowest BCUT2D eigenvalue weighted by molar-refractivity contribution is -0.130. The highest BCUT2D eigenvalue weighted by atomic mass is 16.4. The third-order valence-electron chi connectivity index (χ3n) is 1.77. The molecule has 1 rings (SSSR count). The van der Waals surface area contributed by atoms with E-state index in [1.165, 1.54) is 6.08 Å². The Hall–Kier alpha value is -2.21. The van der Waals surface area contributed by atoms with E-state index >= 15 is 0 Å². The van der Waals surface area contributed by atoms with E-state index in [0.717, 1.165) is 11.1 Å². The first kappa shape index (κ1) is 10.9. The second-order valence-corrected chi connectivity index (χ2v) is 2.95. The summed E-state index contributed by atoms with van der Waals surface area (Å²) in [7, 11) is 0. The number of rotatable bonds is 1. The first-order valence-corrected chi connectivity index (χ1v) is 4.30. The molecule has 0 aliphatic heterocycles. The Labute approximate surface area is 87.7 Å². The van der Waals surface area contributed by atoms with E-state index in [1.807, 2.05) is 12.0 Å². The Morgan fingerprint density at radius 2 is 2.20 bits per heavy atom. The smallest absolute Gasteiger partial charge is 0.382 e. The van der Waals surface area contributed by atoms with Gasteiger partial charge in [0.1, 0.15) is 5.75 Å². The minimum atomic E-state index is -1.16. The SMILES string of the molecule is CC(=CC#CC(=O)O)c1cccc(O)c1. The summed E-state index contributed by atoms with van der Waals surface area (Å²) in [4.78, 5) is 10.1. The topological polar surface area (TPSA) is 57.5 Å². The zero-order valence-electron chi connectivity index (χ0n) is 8.19. The number of benzene rings is 1. The van der Waals surface area contributed by atoms with Crippen molar-refractivity contribution in [2.45, 2.75) is 6.92 Å². The second-order valence-electron chi connectivity index (χ2n) is 2.95. The van der Waals surface area contributed by atoms with E-state index in [4.69, 9.17) is 5.11 Å². The largest absolute Gasteiger partial charge is 0.508 e. The van der Waals surface area contributed by atoms with E-state index in [9.17, 15) is 9.90 Å². The predicted molar refractivity (Wildman–Crippen MR) is 57.2 cm³/mol. The number of aromatic hydroxyl groups is 1. The monoisotopic (exact) mass is 202 g/mol. The number of hydrogen-bond donors (Lipinski definition) is 2. The maximum Gasteiger partial charge on any atom is 0.382 e. The summed E-state index contributed by atoms with van der Waals surface area (Å²) in [6.45, 7) is 1.80. The predicted octanol–water partition coefficient (Wildman–Crippen LogP) is 1.88. The van der Waals surface area contributed by atoms with Crippen LogP contribution >= 0.6 is 0 Å². The highest BCUT2D eigenvalue weighted by Crippen LogP contribution is 2.18. The van der Waals surface area contributed by atoms with Crippen LogP contribution in [0.1, 0.15) is 12.5 Å². The summed E-state index contributed by atoms with van der Waals surface area (Å²) < 4.78 is 0. The van der Waals surface area contributed by atoms with Crippen LogP contribution in [-0.4, -0.2) is 16.2 Å². The Kier molecular flexibility index (Phi) is 3.53. The van der Waals surface area contributed by atoms with Gasteiger partial charge in [-0.05, 0) is 36.3 Å². The number of carbonyl (C=O) groups is 1. The van der Waals surface area contributed by atoms with Crippen molar-refractivity contribution in [1.82, 2.24) is 0 Å². The molecule has 0 aliphatic carbocycles. The number of carboxylic acids is 1. The quantitative estimate of drug-likeness (QED) is 0.683. The highest BCUT2D eigenvalue weighted by molar-refractivity contribution is 5.87. The molecule has 0 heterocycles. The van der Waals surface area contributed by atoms with Crippen molar-refractivity contribution in [1.29, 1.82) is 0 Å². The molecule has 0 fully saturated rings. The van der Waals surface area contributed by atoms with E-state index in [2.05, 4.69) is 5.92 Å². The van der Waals surface area contributed by atoms with Crippen molar-refractivity contribution in [2.24, 2.45) is 0 Å². The van der Waals surface area contributed by atoms with Crippen LogP contribution in [0.5, 0.6) is 5.75 Å². The summed E-state index contributed by atoms with van der Waals surface area (Å²) in [5.74, 6) is 3.41. The lowest BCUT2D eigenvalue weighted by Gasteiger charge is -1.99. The molecule has 0 radical (unpaired) electrons. The maximum atomic E-state index is 10.1. The lowest BCUT2D eigenvalue weighted by Crippen LogP contribution is -1.85. The summed E-state index contributed by atoms with van der Waals surface area (Å²) >= 11 is 0. The number of phenols is 1. The van der Waals surface area contributed by atoms with Crippen LogP contribution in [0.25, 0.3) is 5.57 Å². The molecule has 0 spiro atoms. The molecule has 0 saturated carbocycles. The summed E-state index contributed by atoms with van der Waals surface area (Å²) in [6, 6.07) is 6.69.